The Morgan fingerprint density at radius 3 is 3.00 bits per heavy atom. The molecule has 0 saturated carbocycles. The van der Waals surface area contributed by atoms with Crippen molar-refractivity contribution >= 4 is 17.4 Å². The molecule has 2 atom stereocenters. The summed E-state index contributed by atoms with van der Waals surface area (Å²) in [5, 5.41) is 0.732. The van der Waals surface area contributed by atoms with Crippen LogP contribution in [0, 0.1) is 5.92 Å². The minimum atomic E-state index is 0.489. The van der Waals surface area contributed by atoms with E-state index in [0.717, 1.165) is 41.5 Å². The first-order valence-corrected chi connectivity index (χ1v) is 7.86. The summed E-state index contributed by atoms with van der Waals surface area (Å²) in [5.41, 5.74) is 6.62. The van der Waals surface area contributed by atoms with Gasteiger partial charge in [0.05, 0.1) is 5.02 Å². The number of fused-ring (bicyclic) bond motifs is 1. The molecule has 2 fully saturated rings. The van der Waals surface area contributed by atoms with Crippen molar-refractivity contribution in [1.82, 2.24) is 9.88 Å². The zero-order valence-corrected chi connectivity index (χ0v) is 12.8. The summed E-state index contributed by atoms with van der Waals surface area (Å²) < 4.78 is 0. The first-order chi connectivity index (χ1) is 9.69. The van der Waals surface area contributed by atoms with Crippen molar-refractivity contribution in [3.8, 4) is 0 Å². The van der Waals surface area contributed by atoms with Crippen LogP contribution >= 0.6 is 11.6 Å². The molecule has 4 nitrogen and oxygen atoms in total. The van der Waals surface area contributed by atoms with Crippen LogP contribution in [-0.2, 0) is 6.54 Å². The van der Waals surface area contributed by atoms with Crippen LogP contribution in [0.15, 0.2) is 12.3 Å². The molecule has 5 heteroatoms. The Labute approximate surface area is 125 Å². The second-order valence-corrected chi connectivity index (χ2v) is 6.45. The van der Waals surface area contributed by atoms with Crippen LogP contribution in [0.4, 0.5) is 5.82 Å². The second-order valence-electron chi connectivity index (χ2n) is 6.04. The van der Waals surface area contributed by atoms with Crippen molar-refractivity contribution in [2.45, 2.75) is 31.8 Å². The maximum Gasteiger partial charge on any atom is 0.147 e. The van der Waals surface area contributed by atoms with E-state index in [-0.39, 0.29) is 0 Å². The lowest BCUT2D eigenvalue weighted by Crippen LogP contribution is -2.53. The average Bonchev–Trinajstić information content (AvgIpc) is 2.47. The van der Waals surface area contributed by atoms with Crippen molar-refractivity contribution < 1.29 is 0 Å². The highest BCUT2D eigenvalue weighted by Gasteiger charge is 2.35. The normalized spacial score (nSPS) is 27.4. The number of halogens is 1. The molecule has 2 N–H and O–H groups in total. The highest BCUT2D eigenvalue weighted by molar-refractivity contribution is 6.33. The fraction of sp³-hybridized carbons (Fsp3) is 0.667. The molecule has 20 heavy (non-hydrogen) atoms. The van der Waals surface area contributed by atoms with Crippen molar-refractivity contribution in [3.05, 3.63) is 22.8 Å². The van der Waals surface area contributed by atoms with Gasteiger partial charge in [-0.3, -0.25) is 0 Å². The highest BCUT2D eigenvalue weighted by Crippen LogP contribution is 2.33. The van der Waals surface area contributed by atoms with E-state index in [4.69, 9.17) is 17.3 Å². The van der Waals surface area contributed by atoms with Gasteiger partial charge in [-0.15, -0.1) is 0 Å². The molecule has 0 aromatic carbocycles. The van der Waals surface area contributed by atoms with Gasteiger partial charge < -0.3 is 15.5 Å². The van der Waals surface area contributed by atoms with Crippen LogP contribution < -0.4 is 10.6 Å². The summed E-state index contributed by atoms with van der Waals surface area (Å²) in [5.74, 6) is 1.67. The number of anilines is 1. The summed E-state index contributed by atoms with van der Waals surface area (Å²) in [6.45, 7) is 3.85. The Balaban J connectivity index is 1.76. The zero-order chi connectivity index (χ0) is 14.1. The molecule has 0 amide bonds. The molecule has 2 aliphatic heterocycles. The van der Waals surface area contributed by atoms with Gasteiger partial charge in [-0.1, -0.05) is 11.6 Å². The number of pyridine rings is 1. The molecule has 3 rings (SSSR count). The van der Waals surface area contributed by atoms with E-state index in [1.54, 1.807) is 0 Å². The Morgan fingerprint density at radius 2 is 2.25 bits per heavy atom. The minimum absolute atomic E-state index is 0.489. The van der Waals surface area contributed by atoms with Crippen LogP contribution in [0.2, 0.25) is 5.02 Å². The second kappa shape index (κ2) is 5.88. The molecule has 3 heterocycles. The third-order valence-electron chi connectivity index (χ3n) is 4.76. The first kappa shape index (κ1) is 14.1. The summed E-state index contributed by atoms with van der Waals surface area (Å²) in [4.78, 5) is 9.41. The number of nitrogens with zero attached hydrogens (tertiary/aromatic N) is 3. The maximum absolute atomic E-state index is 6.38. The predicted octanol–water partition coefficient (Wildman–Crippen LogP) is 2.11. The van der Waals surface area contributed by atoms with Gasteiger partial charge in [0, 0.05) is 31.9 Å². The number of piperidine rings is 2. The number of hydrogen-bond donors (Lipinski definition) is 1. The molecule has 0 radical (unpaired) electrons. The van der Waals surface area contributed by atoms with Gasteiger partial charge >= 0.3 is 0 Å². The van der Waals surface area contributed by atoms with Gasteiger partial charge in [0.1, 0.15) is 5.82 Å². The molecule has 2 saturated heterocycles. The van der Waals surface area contributed by atoms with Crippen molar-refractivity contribution in [3.63, 3.8) is 0 Å². The largest absolute Gasteiger partial charge is 0.355 e. The van der Waals surface area contributed by atoms with Crippen LogP contribution in [0.1, 0.15) is 24.8 Å². The van der Waals surface area contributed by atoms with Gasteiger partial charge in [0.15, 0.2) is 0 Å². The molecular weight excluding hydrogens is 272 g/mol. The standard InChI is InChI=1S/C15H23ClN4/c1-19-5-2-3-12-10-20(6-4-14(12)19)15-13(16)7-11(8-17)9-18-15/h7,9,12,14H,2-6,8,10,17H2,1H3. The Hall–Kier alpha value is -0.840. The lowest BCUT2D eigenvalue weighted by molar-refractivity contribution is 0.102. The van der Waals surface area contributed by atoms with E-state index in [2.05, 4.69) is 21.8 Å². The quantitative estimate of drug-likeness (QED) is 0.907. The highest BCUT2D eigenvalue weighted by atomic mass is 35.5. The smallest absolute Gasteiger partial charge is 0.147 e. The summed E-state index contributed by atoms with van der Waals surface area (Å²) in [7, 11) is 2.26. The molecule has 0 spiro atoms. The van der Waals surface area contributed by atoms with Crippen molar-refractivity contribution in [1.29, 1.82) is 0 Å². The van der Waals surface area contributed by atoms with Crippen LogP contribution in [-0.4, -0.2) is 42.6 Å². The molecule has 1 aromatic rings. The van der Waals surface area contributed by atoms with Crippen LogP contribution in [0.3, 0.4) is 0 Å². The SMILES string of the molecule is CN1CCCC2CN(c3ncc(CN)cc3Cl)CCC21. The molecule has 2 aliphatic rings. The number of nitrogens with two attached hydrogens (primary N) is 1. The van der Waals surface area contributed by atoms with Gasteiger partial charge in [0.2, 0.25) is 0 Å². The molecule has 0 bridgehead atoms. The molecular formula is C15H23ClN4. The minimum Gasteiger partial charge on any atom is -0.355 e. The molecule has 2 unspecified atom stereocenters. The predicted molar refractivity (Wildman–Crippen MR) is 83.1 cm³/mol. The Morgan fingerprint density at radius 1 is 1.40 bits per heavy atom. The number of likely N-dealkylation sites (tertiary alicyclic amines) is 1. The third kappa shape index (κ3) is 2.65. The Kier molecular flexibility index (Phi) is 4.15. The topological polar surface area (TPSA) is 45.4 Å². The van der Waals surface area contributed by atoms with Gasteiger partial charge in [-0.25, -0.2) is 4.98 Å². The van der Waals surface area contributed by atoms with Crippen molar-refractivity contribution in [2.75, 3.05) is 31.6 Å². The van der Waals surface area contributed by atoms with E-state index in [9.17, 15) is 0 Å². The number of hydrogen-bond acceptors (Lipinski definition) is 4. The van der Waals surface area contributed by atoms with Crippen molar-refractivity contribution in [2.24, 2.45) is 11.7 Å². The zero-order valence-electron chi connectivity index (χ0n) is 12.1. The average molecular weight is 295 g/mol. The summed E-state index contributed by atoms with van der Waals surface area (Å²) in [6.07, 6.45) is 5.68. The maximum atomic E-state index is 6.38. The van der Waals surface area contributed by atoms with E-state index >= 15 is 0 Å². The molecule has 1 aromatic heterocycles. The third-order valence-corrected chi connectivity index (χ3v) is 5.04. The lowest BCUT2D eigenvalue weighted by atomic mass is 9.84. The molecule has 0 aliphatic carbocycles. The molecule has 110 valence electrons. The lowest BCUT2D eigenvalue weighted by Gasteiger charge is -2.46. The van der Waals surface area contributed by atoms with Gasteiger partial charge in [0.25, 0.3) is 0 Å². The fourth-order valence-corrected chi connectivity index (χ4v) is 3.97. The van der Waals surface area contributed by atoms with E-state index in [1.165, 1.54) is 25.8 Å². The Bertz CT molecular complexity index is 479. The van der Waals surface area contributed by atoms with E-state index in [1.807, 2.05) is 12.3 Å². The van der Waals surface area contributed by atoms with Gasteiger partial charge in [-0.2, -0.15) is 0 Å². The summed E-state index contributed by atoms with van der Waals surface area (Å²) >= 11 is 6.38. The summed E-state index contributed by atoms with van der Waals surface area (Å²) in [6, 6.07) is 2.69. The van der Waals surface area contributed by atoms with Crippen LogP contribution in [0.5, 0.6) is 0 Å². The number of rotatable bonds is 2. The van der Waals surface area contributed by atoms with E-state index in [0.29, 0.717) is 6.54 Å². The first-order valence-electron chi connectivity index (χ1n) is 7.48. The number of aromatic nitrogens is 1. The fourth-order valence-electron chi connectivity index (χ4n) is 3.66. The van der Waals surface area contributed by atoms with Crippen LogP contribution in [0.25, 0.3) is 0 Å². The van der Waals surface area contributed by atoms with E-state index < -0.39 is 0 Å². The monoisotopic (exact) mass is 294 g/mol. The van der Waals surface area contributed by atoms with Gasteiger partial charge in [-0.05, 0) is 50.4 Å².